The lowest BCUT2D eigenvalue weighted by molar-refractivity contribution is -0.0586. The highest BCUT2D eigenvalue weighted by molar-refractivity contribution is 5.93. The van der Waals surface area contributed by atoms with Crippen LogP contribution in [-0.4, -0.2) is 57.9 Å². The Labute approximate surface area is 237 Å². The third-order valence-electron chi connectivity index (χ3n) is 7.88. The molecular formula is C31H30FN5O4. The molecule has 0 amide bonds. The van der Waals surface area contributed by atoms with Crippen molar-refractivity contribution < 1.29 is 23.4 Å². The predicted octanol–water partition coefficient (Wildman–Crippen LogP) is 4.59. The van der Waals surface area contributed by atoms with Crippen LogP contribution in [0.3, 0.4) is 0 Å². The topological polar surface area (TPSA) is 102 Å². The molecule has 0 aliphatic carbocycles. The van der Waals surface area contributed by atoms with E-state index in [0.717, 1.165) is 42.7 Å². The molecule has 2 fully saturated rings. The van der Waals surface area contributed by atoms with Gasteiger partial charge in [0.1, 0.15) is 19.2 Å². The molecule has 210 valence electrons. The molecule has 0 radical (unpaired) electrons. The lowest BCUT2D eigenvalue weighted by atomic mass is 9.85. The number of imidazole rings is 1. The minimum Gasteiger partial charge on any atom is -0.473 e. The van der Waals surface area contributed by atoms with E-state index in [1.165, 1.54) is 6.07 Å². The summed E-state index contributed by atoms with van der Waals surface area (Å²) in [5.74, 6) is -0.463. The zero-order valence-electron chi connectivity index (χ0n) is 22.8. The molecule has 6 rings (SSSR count). The number of hydrogen-bond acceptors (Lipinski definition) is 8. The Morgan fingerprint density at radius 2 is 2.12 bits per heavy atom. The summed E-state index contributed by atoms with van der Waals surface area (Å²) in [6.07, 6.45) is 3.84. The maximum atomic E-state index is 14.2. The second-order valence-corrected chi connectivity index (χ2v) is 10.9. The molecule has 0 bridgehead atoms. The van der Waals surface area contributed by atoms with Gasteiger partial charge in [-0.25, -0.2) is 19.2 Å². The Morgan fingerprint density at radius 1 is 1.24 bits per heavy atom. The molecule has 41 heavy (non-hydrogen) atoms. The lowest BCUT2D eigenvalue weighted by Crippen LogP contribution is -2.31. The molecule has 9 nitrogen and oxygen atoms in total. The van der Waals surface area contributed by atoms with Crippen LogP contribution in [0.1, 0.15) is 46.9 Å². The molecule has 2 aromatic carbocycles. The third-order valence-corrected chi connectivity index (χ3v) is 7.88. The average Bonchev–Trinajstić information content (AvgIpc) is 3.56. The lowest BCUT2D eigenvalue weighted by Gasteiger charge is -2.26. The van der Waals surface area contributed by atoms with Crippen molar-refractivity contribution in [2.24, 2.45) is 0 Å². The van der Waals surface area contributed by atoms with Crippen molar-refractivity contribution in [1.82, 2.24) is 19.4 Å². The van der Waals surface area contributed by atoms with Gasteiger partial charge in [0.25, 0.3) is 0 Å². The Hall–Kier alpha value is -4.33. The van der Waals surface area contributed by atoms with Crippen LogP contribution in [0.2, 0.25) is 0 Å². The molecule has 2 aliphatic heterocycles. The minimum atomic E-state index is -0.484. The van der Waals surface area contributed by atoms with Crippen molar-refractivity contribution in [2.45, 2.75) is 44.4 Å². The quantitative estimate of drug-likeness (QED) is 0.277. The summed E-state index contributed by atoms with van der Waals surface area (Å²) in [5, 5.41) is 8.93. The fraction of sp³-hybridized carbons (Fsp3) is 0.355. The van der Waals surface area contributed by atoms with E-state index < -0.39 is 5.82 Å². The maximum absolute atomic E-state index is 14.2. The number of aromatic nitrogens is 3. The second-order valence-electron chi connectivity index (χ2n) is 10.9. The average molecular weight is 556 g/mol. The van der Waals surface area contributed by atoms with Crippen molar-refractivity contribution in [1.29, 1.82) is 5.26 Å². The SMILES string of the molecule is C[C@]1(c2cccc(OCc3ccc(C#N)cc3F)n2)CCN(COC(=O)c2ccc3ncn(C[C@@H]4CCO4)c3c2)C1. The number of nitriles is 1. The van der Waals surface area contributed by atoms with Crippen LogP contribution in [0.15, 0.2) is 60.9 Å². The maximum Gasteiger partial charge on any atom is 0.339 e. The summed E-state index contributed by atoms with van der Waals surface area (Å²) in [6.45, 7) is 5.23. The monoisotopic (exact) mass is 555 g/mol. The van der Waals surface area contributed by atoms with E-state index in [-0.39, 0.29) is 36.4 Å². The van der Waals surface area contributed by atoms with Crippen LogP contribution >= 0.6 is 0 Å². The van der Waals surface area contributed by atoms with Crippen LogP contribution in [0, 0.1) is 17.1 Å². The van der Waals surface area contributed by atoms with E-state index in [1.54, 1.807) is 30.6 Å². The predicted molar refractivity (Wildman–Crippen MR) is 148 cm³/mol. The number of pyridine rings is 1. The van der Waals surface area contributed by atoms with Crippen LogP contribution in [0.4, 0.5) is 4.39 Å². The van der Waals surface area contributed by atoms with E-state index in [1.807, 2.05) is 34.9 Å². The van der Waals surface area contributed by atoms with E-state index in [2.05, 4.69) is 16.8 Å². The molecule has 2 saturated heterocycles. The first-order valence-corrected chi connectivity index (χ1v) is 13.6. The summed E-state index contributed by atoms with van der Waals surface area (Å²) >= 11 is 0. The van der Waals surface area contributed by atoms with Crippen LogP contribution in [-0.2, 0) is 28.0 Å². The van der Waals surface area contributed by atoms with Crippen LogP contribution in [0.25, 0.3) is 11.0 Å². The summed E-state index contributed by atoms with van der Waals surface area (Å²) in [5.41, 5.74) is 3.42. The zero-order chi connectivity index (χ0) is 28.4. The van der Waals surface area contributed by atoms with Gasteiger partial charge in [0.05, 0.1) is 52.9 Å². The molecule has 2 atom stereocenters. The first-order valence-electron chi connectivity index (χ1n) is 13.6. The number of fused-ring (bicyclic) bond motifs is 1. The van der Waals surface area contributed by atoms with Crippen LogP contribution in [0.5, 0.6) is 5.88 Å². The molecule has 4 heterocycles. The number of carbonyl (C=O) groups is 1. The van der Waals surface area contributed by atoms with Gasteiger partial charge >= 0.3 is 5.97 Å². The van der Waals surface area contributed by atoms with Gasteiger partial charge in [0.15, 0.2) is 0 Å². The standard InChI is InChI=1S/C31H30FN5O4/c1-31(28-3-2-4-29(35-28)40-17-23-6-5-21(15-33)13-25(23)32)10-11-36(18-31)20-41-30(38)22-7-8-26-27(14-22)37(19-34-26)16-24-9-12-39-24/h2-8,13-14,19,24H,9-12,16-18,20H2,1H3/t24-,31-/m0/s1. The van der Waals surface area contributed by atoms with Crippen molar-refractivity contribution in [2.75, 3.05) is 26.4 Å². The van der Waals surface area contributed by atoms with Gasteiger partial charge in [-0.15, -0.1) is 0 Å². The van der Waals surface area contributed by atoms with Crippen molar-refractivity contribution in [3.05, 3.63) is 89.1 Å². The van der Waals surface area contributed by atoms with Crippen molar-refractivity contribution >= 4 is 17.0 Å². The summed E-state index contributed by atoms with van der Waals surface area (Å²) in [7, 11) is 0. The summed E-state index contributed by atoms with van der Waals surface area (Å²) in [4.78, 5) is 24.1. The number of likely N-dealkylation sites (tertiary alicyclic amines) is 1. The van der Waals surface area contributed by atoms with Gasteiger partial charge < -0.3 is 18.8 Å². The normalized spacial score (nSPS) is 20.5. The number of ether oxygens (including phenoxy) is 3. The smallest absolute Gasteiger partial charge is 0.339 e. The fourth-order valence-electron chi connectivity index (χ4n) is 5.30. The number of esters is 1. The van der Waals surface area contributed by atoms with E-state index >= 15 is 0 Å². The van der Waals surface area contributed by atoms with Gasteiger partial charge in [-0.1, -0.05) is 19.1 Å². The first kappa shape index (κ1) is 26.9. The van der Waals surface area contributed by atoms with E-state index in [0.29, 0.717) is 30.1 Å². The van der Waals surface area contributed by atoms with Crippen LogP contribution < -0.4 is 4.74 Å². The highest BCUT2D eigenvalue weighted by atomic mass is 19.1. The fourth-order valence-corrected chi connectivity index (χ4v) is 5.30. The summed E-state index contributed by atoms with van der Waals surface area (Å²) < 4.78 is 33.3. The molecule has 2 aromatic heterocycles. The minimum absolute atomic E-state index is 0.00766. The van der Waals surface area contributed by atoms with Gasteiger partial charge in [-0.2, -0.15) is 5.26 Å². The van der Waals surface area contributed by atoms with Gasteiger partial charge in [-0.05, 0) is 49.2 Å². The molecule has 0 unspecified atom stereocenters. The van der Waals surface area contributed by atoms with Crippen molar-refractivity contribution in [3.63, 3.8) is 0 Å². The first-order chi connectivity index (χ1) is 19.9. The Morgan fingerprint density at radius 3 is 2.90 bits per heavy atom. The molecule has 10 heteroatoms. The largest absolute Gasteiger partial charge is 0.473 e. The van der Waals surface area contributed by atoms with E-state index in [4.69, 9.17) is 24.5 Å². The molecule has 0 N–H and O–H groups in total. The number of benzene rings is 2. The number of hydrogen-bond donors (Lipinski definition) is 0. The van der Waals surface area contributed by atoms with Gasteiger partial charge in [0.2, 0.25) is 5.88 Å². The van der Waals surface area contributed by atoms with Gasteiger partial charge in [-0.3, -0.25) is 4.90 Å². The molecule has 4 aromatic rings. The number of carbonyl (C=O) groups excluding carboxylic acids is 1. The third kappa shape index (κ3) is 5.78. The highest BCUT2D eigenvalue weighted by Gasteiger charge is 2.37. The van der Waals surface area contributed by atoms with E-state index in [9.17, 15) is 9.18 Å². The Bertz CT molecular complexity index is 1630. The Balaban J connectivity index is 1.05. The molecular weight excluding hydrogens is 525 g/mol. The van der Waals surface area contributed by atoms with Gasteiger partial charge in [0, 0.05) is 36.7 Å². The number of halogens is 1. The second kappa shape index (κ2) is 11.3. The van der Waals surface area contributed by atoms with Crippen molar-refractivity contribution in [3.8, 4) is 11.9 Å². The number of rotatable bonds is 9. The highest BCUT2D eigenvalue weighted by Crippen LogP contribution is 2.34. The Kier molecular flexibility index (Phi) is 7.39. The summed E-state index contributed by atoms with van der Waals surface area (Å²) in [6, 6.07) is 17.2. The number of nitrogens with zero attached hydrogens (tertiary/aromatic N) is 5. The molecule has 2 aliphatic rings. The molecule has 0 saturated carbocycles. The zero-order valence-corrected chi connectivity index (χ0v) is 22.8. The molecule has 0 spiro atoms.